The number of benzene rings is 2. The van der Waals surface area contributed by atoms with E-state index in [1.807, 2.05) is 59.4 Å². The Balaban J connectivity index is 1.57. The van der Waals surface area contributed by atoms with E-state index in [0.29, 0.717) is 12.2 Å². The van der Waals surface area contributed by atoms with Crippen LogP contribution in [0.1, 0.15) is 22.2 Å². The van der Waals surface area contributed by atoms with Crippen molar-refractivity contribution in [2.75, 3.05) is 26.7 Å². The van der Waals surface area contributed by atoms with Crippen LogP contribution in [-0.2, 0) is 4.74 Å². The van der Waals surface area contributed by atoms with Crippen molar-refractivity contribution in [1.29, 1.82) is 0 Å². The lowest BCUT2D eigenvalue weighted by atomic mass is 9.98. The number of pyridine rings is 1. The van der Waals surface area contributed by atoms with Gasteiger partial charge in [-0.15, -0.1) is 0 Å². The Morgan fingerprint density at radius 3 is 2.87 bits per heavy atom. The molecule has 2 aromatic heterocycles. The highest BCUT2D eigenvalue weighted by Gasteiger charge is 2.21. The Labute approximate surface area is 180 Å². The van der Waals surface area contributed by atoms with Gasteiger partial charge in [0.05, 0.1) is 29.7 Å². The number of hydrogen-bond acceptors (Lipinski definition) is 5. The minimum absolute atomic E-state index is 0.0569. The number of primary amides is 1. The largest absolute Gasteiger partial charge is 0.369 e. The van der Waals surface area contributed by atoms with E-state index in [9.17, 15) is 4.79 Å². The zero-order valence-electron chi connectivity index (χ0n) is 17.2. The molecule has 4 aromatic rings. The van der Waals surface area contributed by atoms with Crippen LogP contribution >= 0.6 is 0 Å². The fourth-order valence-corrected chi connectivity index (χ4v) is 4.04. The molecule has 0 spiro atoms. The van der Waals surface area contributed by atoms with Crippen LogP contribution in [0.4, 0.5) is 0 Å². The number of carbonyl (C=O) groups is 1. The summed E-state index contributed by atoms with van der Waals surface area (Å²) in [7, 11) is 2.09. The summed E-state index contributed by atoms with van der Waals surface area (Å²) < 4.78 is 7.82. The summed E-state index contributed by atoms with van der Waals surface area (Å²) in [6.45, 7) is 2.43. The number of hydrogen-bond donors (Lipinski definition) is 1. The Kier molecular flexibility index (Phi) is 4.97. The second-order valence-electron chi connectivity index (χ2n) is 7.80. The third-order valence-electron chi connectivity index (χ3n) is 5.68. The van der Waals surface area contributed by atoms with Crippen molar-refractivity contribution in [3.63, 3.8) is 0 Å². The number of rotatable bonds is 4. The van der Waals surface area contributed by atoms with Gasteiger partial charge in [-0.25, -0.2) is 4.68 Å². The molecule has 156 valence electrons. The molecule has 7 heteroatoms. The summed E-state index contributed by atoms with van der Waals surface area (Å²) in [5.74, 6) is -0.444. The van der Waals surface area contributed by atoms with Gasteiger partial charge in [0.1, 0.15) is 6.10 Å². The molecule has 0 bridgehead atoms. The molecule has 1 fully saturated rings. The first kappa shape index (κ1) is 19.4. The van der Waals surface area contributed by atoms with Crippen LogP contribution in [-0.4, -0.2) is 52.3 Å². The van der Waals surface area contributed by atoms with E-state index in [2.05, 4.69) is 22.0 Å². The van der Waals surface area contributed by atoms with Gasteiger partial charge in [-0.1, -0.05) is 30.3 Å². The topological polar surface area (TPSA) is 86.3 Å². The lowest BCUT2D eigenvalue weighted by Gasteiger charge is -2.29. The van der Waals surface area contributed by atoms with Crippen molar-refractivity contribution in [3.05, 3.63) is 78.2 Å². The standard InChI is InChI=1S/C24H23N5O2/c1-28-10-11-31-23(15-28)21-13-18(8-9-26-21)29-22-12-16(6-7-17(22)14-27-29)19-4-2-3-5-20(19)24(25)30/h2-9,12-14,23H,10-11,15H2,1H3,(H2,25,30). The van der Waals surface area contributed by atoms with E-state index in [0.717, 1.165) is 46.5 Å². The molecular weight excluding hydrogens is 390 g/mol. The molecule has 0 saturated carbocycles. The van der Waals surface area contributed by atoms with Crippen LogP contribution in [0.2, 0.25) is 0 Å². The average Bonchev–Trinajstić information content (AvgIpc) is 3.22. The second-order valence-corrected chi connectivity index (χ2v) is 7.80. The van der Waals surface area contributed by atoms with E-state index in [4.69, 9.17) is 10.5 Å². The van der Waals surface area contributed by atoms with Gasteiger partial charge in [0.2, 0.25) is 5.91 Å². The summed E-state index contributed by atoms with van der Waals surface area (Å²) >= 11 is 0. The summed E-state index contributed by atoms with van der Waals surface area (Å²) in [4.78, 5) is 18.7. The predicted octanol–water partition coefficient (Wildman–Crippen LogP) is 3.19. The smallest absolute Gasteiger partial charge is 0.249 e. The number of fused-ring (bicyclic) bond motifs is 1. The number of carbonyl (C=O) groups excluding carboxylic acids is 1. The van der Waals surface area contributed by atoms with Gasteiger partial charge in [0.15, 0.2) is 0 Å². The normalized spacial score (nSPS) is 17.1. The first-order valence-corrected chi connectivity index (χ1v) is 10.2. The van der Waals surface area contributed by atoms with Gasteiger partial charge in [-0.05, 0) is 42.4 Å². The first-order chi connectivity index (χ1) is 15.1. The van der Waals surface area contributed by atoms with Crippen molar-refractivity contribution < 1.29 is 9.53 Å². The van der Waals surface area contributed by atoms with Gasteiger partial charge in [0.25, 0.3) is 0 Å². The fourth-order valence-electron chi connectivity index (χ4n) is 4.04. The minimum atomic E-state index is -0.444. The van der Waals surface area contributed by atoms with E-state index in [-0.39, 0.29) is 6.10 Å². The molecule has 2 aromatic carbocycles. The highest BCUT2D eigenvalue weighted by molar-refractivity contribution is 6.00. The average molecular weight is 413 g/mol. The highest BCUT2D eigenvalue weighted by atomic mass is 16.5. The summed E-state index contributed by atoms with van der Waals surface area (Å²) in [5, 5.41) is 5.61. The Morgan fingerprint density at radius 2 is 2.03 bits per heavy atom. The van der Waals surface area contributed by atoms with Crippen molar-refractivity contribution >= 4 is 16.8 Å². The molecular formula is C24H23N5O2. The molecule has 1 aliphatic heterocycles. The van der Waals surface area contributed by atoms with Crippen LogP contribution in [0, 0.1) is 0 Å². The maximum atomic E-state index is 11.9. The number of ether oxygens (including phenoxy) is 1. The summed E-state index contributed by atoms with van der Waals surface area (Å²) in [6, 6.07) is 17.4. The van der Waals surface area contributed by atoms with Gasteiger partial charge in [0, 0.05) is 30.2 Å². The quantitative estimate of drug-likeness (QED) is 0.555. The SMILES string of the molecule is CN1CCOC(c2cc(-n3ncc4ccc(-c5ccccc5C(N)=O)cc43)ccn2)C1. The third-order valence-corrected chi connectivity index (χ3v) is 5.68. The van der Waals surface area contributed by atoms with E-state index in [1.54, 1.807) is 12.3 Å². The van der Waals surface area contributed by atoms with Crippen molar-refractivity contribution in [1.82, 2.24) is 19.7 Å². The minimum Gasteiger partial charge on any atom is -0.369 e. The van der Waals surface area contributed by atoms with Gasteiger partial charge in [-0.2, -0.15) is 5.10 Å². The lowest BCUT2D eigenvalue weighted by molar-refractivity contribution is -0.0231. The van der Waals surface area contributed by atoms with Gasteiger partial charge >= 0.3 is 0 Å². The van der Waals surface area contributed by atoms with Crippen molar-refractivity contribution in [2.45, 2.75) is 6.10 Å². The highest BCUT2D eigenvalue weighted by Crippen LogP contribution is 2.29. The second kappa shape index (κ2) is 7.94. The van der Waals surface area contributed by atoms with Crippen LogP contribution in [0.25, 0.3) is 27.7 Å². The number of nitrogens with two attached hydrogens (primary N) is 1. The third kappa shape index (κ3) is 3.69. The lowest BCUT2D eigenvalue weighted by Crippen LogP contribution is -2.35. The molecule has 1 unspecified atom stereocenters. The van der Waals surface area contributed by atoms with E-state index in [1.165, 1.54) is 0 Å². The van der Waals surface area contributed by atoms with Crippen LogP contribution < -0.4 is 5.73 Å². The van der Waals surface area contributed by atoms with Crippen molar-refractivity contribution in [3.8, 4) is 16.8 Å². The van der Waals surface area contributed by atoms with Crippen molar-refractivity contribution in [2.24, 2.45) is 5.73 Å². The van der Waals surface area contributed by atoms with Gasteiger partial charge < -0.3 is 15.4 Å². The Bertz CT molecular complexity index is 1270. The van der Waals surface area contributed by atoms with E-state index >= 15 is 0 Å². The molecule has 0 radical (unpaired) electrons. The molecule has 1 aliphatic rings. The maximum Gasteiger partial charge on any atom is 0.249 e. The molecule has 7 nitrogen and oxygen atoms in total. The number of morpholine rings is 1. The van der Waals surface area contributed by atoms with Crippen LogP contribution in [0.15, 0.2) is 67.0 Å². The van der Waals surface area contributed by atoms with Crippen LogP contribution in [0.5, 0.6) is 0 Å². The predicted molar refractivity (Wildman–Crippen MR) is 119 cm³/mol. The van der Waals surface area contributed by atoms with Crippen LogP contribution in [0.3, 0.4) is 0 Å². The molecule has 1 amide bonds. The number of nitrogens with zero attached hydrogens (tertiary/aromatic N) is 4. The monoisotopic (exact) mass is 413 g/mol. The Morgan fingerprint density at radius 1 is 1.16 bits per heavy atom. The molecule has 2 N–H and O–H groups in total. The molecule has 3 heterocycles. The maximum absolute atomic E-state index is 11.9. The summed E-state index contributed by atoms with van der Waals surface area (Å²) in [5.41, 5.74) is 10.5. The zero-order valence-corrected chi connectivity index (χ0v) is 17.2. The molecule has 1 atom stereocenters. The molecule has 0 aliphatic carbocycles. The Hall–Kier alpha value is -3.55. The number of likely N-dealkylation sites (N-methyl/N-ethyl adjacent to an activating group) is 1. The van der Waals surface area contributed by atoms with E-state index < -0.39 is 5.91 Å². The fraction of sp³-hybridized carbons (Fsp3) is 0.208. The first-order valence-electron chi connectivity index (χ1n) is 10.2. The molecule has 5 rings (SSSR count). The molecule has 31 heavy (non-hydrogen) atoms. The van der Waals surface area contributed by atoms with Gasteiger partial charge in [-0.3, -0.25) is 9.78 Å². The number of amides is 1. The zero-order chi connectivity index (χ0) is 21.4. The summed E-state index contributed by atoms with van der Waals surface area (Å²) in [6.07, 6.45) is 3.57. The molecule has 1 saturated heterocycles. The number of aromatic nitrogens is 3.